The summed E-state index contributed by atoms with van der Waals surface area (Å²) in [6, 6.07) is 2.25. The molecule has 1 heterocycles. The van der Waals surface area contributed by atoms with Crippen molar-refractivity contribution in [1.29, 1.82) is 0 Å². The van der Waals surface area contributed by atoms with Gasteiger partial charge in [0.2, 0.25) is 0 Å². The van der Waals surface area contributed by atoms with Crippen LogP contribution in [0.1, 0.15) is 12.8 Å². The molecule has 1 aromatic carbocycles. The molecule has 0 saturated carbocycles. The van der Waals surface area contributed by atoms with Gasteiger partial charge in [0.1, 0.15) is 16.3 Å². The van der Waals surface area contributed by atoms with Gasteiger partial charge >= 0.3 is 6.09 Å². The summed E-state index contributed by atoms with van der Waals surface area (Å²) >= 11 is 5.89. The summed E-state index contributed by atoms with van der Waals surface area (Å²) in [4.78, 5) is 10.0. The number of halogens is 2. The molecular formula is C13H15ClFNO6S. The molecule has 1 amide bonds. The summed E-state index contributed by atoms with van der Waals surface area (Å²) in [6.07, 6.45) is -1.66. The topological polar surface area (TPSA) is 113 Å². The number of anilines is 1. The van der Waals surface area contributed by atoms with Crippen molar-refractivity contribution in [3.63, 3.8) is 0 Å². The second-order valence-electron chi connectivity index (χ2n) is 5.14. The number of rotatable bonds is 4. The Morgan fingerprint density at radius 2 is 2.00 bits per heavy atom. The number of ether oxygens (including phenoxy) is 1. The van der Waals surface area contributed by atoms with Gasteiger partial charge in [-0.05, 0) is 25.0 Å². The number of hydrogen-bond acceptors (Lipinski definition) is 5. The summed E-state index contributed by atoms with van der Waals surface area (Å²) in [7, 11) is -4.36. The third kappa shape index (κ3) is 3.08. The van der Waals surface area contributed by atoms with E-state index in [0.29, 0.717) is 0 Å². The predicted octanol–water partition coefficient (Wildman–Crippen LogP) is 2.43. The van der Waals surface area contributed by atoms with Crippen LogP contribution in [0.4, 0.5) is 14.9 Å². The molecule has 0 spiro atoms. The van der Waals surface area contributed by atoms with Gasteiger partial charge in [0, 0.05) is 13.2 Å². The maximum absolute atomic E-state index is 13.6. The van der Waals surface area contributed by atoms with Crippen molar-refractivity contribution >= 4 is 33.2 Å². The minimum atomic E-state index is -4.36. The Labute approximate surface area is 136 Å². The fourth-order valence-electron chi connectivity index (χ4n) is 2.45. The lowest BCUT2D eigenvalue weighted by Crippen LogP contribution is -2.46. The number of nitrogens with one attached hydrogen (secondary N) is 1. The standard InChI is InChI=1S/C13H15ClFNO6S/c14-8-1-2-9(16-12(18)19)10(17)11(8)23(20,21)13(7-15)3-5-22-6-4-13/h1-2,16-17H,3-7H2,(H,18,19). The number of carboxylic acid groups (broad SMARTS) is 1. The number of carbonyl (C=O) groups is 1. The van der Waals surface area contributed by atoms with Gasteiger partial charge in [-0.15, -0.1) is 0 Å². The molecule has 0 unspecified atom stereocenters. The number of sulfone groups is 1. The van der Waals surface area contributed by atoms with E-state index in [9.17, 15) is 22.7 Å². The molecule has 0 radical (unpaired) electrons. The first-order valence-electron chi connectivity index (χ1n) is 6.65. The molecule has 0 aromatic heterocycles. The number of hydrogen-bond donors (Lipinski definition) is 3. The largest absolute Gasteiger partial charge is 0.504 e. The highest BCUT2D eigenvalue weighted by Gasteiger charge is 2.48. The Balaban J connectivity index is 2.61. The normalized spacial score (nSPS) is 17.7. The van der Waals surface area contributed by atoms with Crippen molar-refractivity contribution in [3.05, 3.63) is 17.2 Å². The number of phenolic OH excluding ortho intramolecular Hbond substituents is 1. The van der Waals surface area contributed by atoms with E-state index in [4.69, 9.17) is 21.4 Å². The predicted molar refractivity (Wildman–Crippen MR) is 80.7 cm³/mol. The van der Waals surface area contributed by atoms with Gasteiger partial charge in [-0.25, -0.2) is 17.6 Å². The highest BCUT2D eigenvalue weighted by Crippen LogP contribution is 2.44. The van der Waals surface area contributed by atoms with Crippen molar-refractivity contribution in [1.82, 2.24) is 0 Å². The van der Waals surface area contributed by atoms with Gasteiger partial charge < -0.3 is 14.9 Å². The molecule has 0 aliphatic carbocycles. The van der Waals surface area contributed by atoms with Crippen molar-refractivity contribution in [2.75, 3.05) is 25.2 Å². The summed E-state index contributed by atoms with van der Waals surface area (Å²) in [5, 5.41) is 20.4. The maximum atomic E-state index is 13.6. The third-order valence-electron chi connectivity index (χ3n) is 3.81. The fraction of sp³-hybridized carbons (Fsp3) is 0.462. The molecule has 0 bridgehead atoms. The van der Waals surface area contributed by atoms with Gasteiger partial charge in [-0.2, -0.15) is 0 Å². The maximum Gasteiger partial charge on any atom is 0.409 e. The highest BCUT2D eigenvalue weighted by molar-refractivity contribution is 7.93. The molecule has 1 aromatic rings. The first kappa shape index (κ1) is 17.8. The lowest BCUT2D eigenvalue weighted by molar-refractivity contribution is 0.0674. The number of alkyl halides is 1. The zero-order chi connectivity index (χ0) is 17.3. The molecule has 1 aliphatic heterocycles. The van der Waals surface area contributed by atoms with Gasteiger partial charge in [0.25, 0.3) is 0 Å². The van der Waals surface area contributed by atoms with Crippen LogP contribution in [0.2, 0.25) is 5.02 Å². The molecule has 1 fully saturated rings. The molecule has 10 heteroatoms. The van der Waals surface area contributed by atoms with E-state index in [-0.39, 0.29) is 36.8 Å². The smallest absolute Gasteiger partial charge is 0.409 e. The van der Waals surface area contributed by atoms with Crippen LogP contribution in [-0.4, -0.2) is 49.4 Å². The summed E-state index contributed by atoms with van der Waals surface area (Å²) in [5.41, 5.74) is -0.346. The first-order chi connectivity index (χ1) is 10.7. The fourth-order valence-corrected chi connectivity index (χ4v) is 4.88. The van der Waals surface area contributed by atoms with Crippen LogP contribution in [0.5, 0.6) is 5.75 Å². The molecule has 0 atom stereocenters. The zero-order valence-electron chi connectivity index (χ0n) is 11.9. The molecule has 3 N–H and O–H groups in total. The average Bonchev–Trinajstić information content (AvgIpc) is 2.50. The Hall–Kier alpha value is -1.58. The zero-order valence-corrected chi connectivity index (χ0v) is 13.5. The summed E-state index contributed by atoms with van der Waals surface area (Å²) in [6.45, 7) is -1.03. The van der Waals surface area contributed by atoms with E-state index < -0.39 is 38.0 Å². The Bertz CT molecular complexity index is 717. The van der Waals surface area contributed by atoms with Crippen molar-refractivity contribution in [2.24, 2.45) is 0 Å². The van der Waals surface area contributed by atoms with Gasteiger partial charge in [-0.3, -0.25) is 5.32 Å². The summed E-state index contributed by atoms with van der Waals surface area (Å²) in [5.74, 6) is -0.848. The molecule has 2 rings (SSSR count). The molecule has 128 valence electrons. The Morgan fingerprint density at radius 3 is 2.52 bits per heavy atom. The van der Waals surface area contributed by atoms with Gasteiger partial charge in [-0.1, -0.05) is 11.6 Å². The number of benzene rings is 1. The number of phenols is 1. The second kappa shape index (κ2) is 6.50. The van der Waals surface area contributed by atoms with Crippen LogP contribution >= 0.6 is 11.6 Å². The van der Waals surface area contributed by atoms with Crippen LogP contribution in [-0.2, 0) is 14.6 Å². The van der Waals surface area contributed by atoms with Gasteiger partial charge in [0.05, 0.1) is 10.7 Å². The van der Waals surface area contributed by atoms with Crippen molar-refractivity contribution < 1.29 is 32.6 Å². The molecule has 23 heavy (non-hydrogen) atoms. The second-order valence-corrected chi connectivity index (χ2v) is 7.82. The first-order valence-corrected chi connectivity index (χ1v) is 8.51. The van der Waals surface area contributed by atoms with Crippen molar-refractivity contribution in [2.45, 2.75) is 22.5 Å². The minimum absolute atomic E-state index is 0.0641. The molecule has 1 aliphatic rings. The van der Waals surface area contributed by atoms with Crippen molar-refractivity contribution in [3.8, 4) is 5.75 Å². The van der Waals surface area contributed by atoms with Crippen LogP contribution in [0.3, 0.4) is 0 Å². The average molecular weight is 368 g/mol. The molecule has 1 saturated heterocycles. The Kier molecular flexibility index (Phi) is 5.02. The van der Waals surface area contributed by atoms with E-state index >= 15 is 0 Å². The molecular weight excluding hydrogens is 353 g/mol. The third-order valence-corrected chi connectivity index (χ3v) is 6.85. The van der Waals surface area contributed by atoms with Crippen LogP contribution in [0.25, 0.3) is 0 Å². The lowest BCUT2D eigenvalue weighted by Gasteiger charge is -2.34. The van der Waals surface area contributed by atoms with E-state index in [0.717, 1.165) is 12.1 Å². The molecule has 7 nitrogen and oxygen atoms in total. The van der Waals surface area contributed by atoms with E-state index in [1.165, 1.54) is 0 Å². The number of aromatic hydroxyl groups is 1. The lowest BCUT2D eigenvalue weighted by atomic mass is 10.0. The van der Waals surface area contributed by atoms with Crippen LogP contribution < -0.4 is 5.32 Å². The van der Waals surface area contributed by atoms with Crippen LogP contribution in [0, 0.1) is 0 Å². The number of amides is 1. The summed E-state index contributed by atoms with van der Waals surface area (Å²) < 4.78 is 42.8. The van der Waals surface area contributed by atoms with E-state index in [1.54, 1.807) is 0 Å². The van der Waals surface area contributed by atoms with E-state index in [2.05, 4.69) is 0 Å². The van der Waals surface area contributed by atoms with Crippen LogP contribution in [0.15, 0.2) is 17.0 Å². The Morgan fingerprint density at radius 1 is 1.39 bits per heavy atom. The quantitative estimate of drug-likeness (QED) is 0.704. The monoisotopic (exact) mass is 367 g/mol. The highest BCUT2D eigenvalue weighted by atomic mass is 35.5. The minimum Gasteiger partial charge on any atom is -0.504 e. The van der Waals surface area contributed by atoms with E-state index in [1.807, 2.05) is 5.32 Å². The van der Waals surface area contributed by atoms with Gasteiger partial charge in [0.15, 0.2) is 15.6 Å². The SMILES string of the molecule is O=C(O)Nc1ccc(Cl)c(S(=O)(=O)C2(CF)CCOCC2)c1O.